The second kappa shape index (κ2) is 10.1. The Balaban J connectivity index is 1.33. The number of hydrogen-bond acceptors (Lipinski definition) is 8. The van der Waals surface area contributed by atoms with Gasteiger partial charge in [0.15, 0.2) is 0 Å². The standard InChI is InChI=1S/C29H31N5O4/c1-18-22-13-20(7-8-21(22)27(36)31-18)32-26-14-24(33-25(16-35)19-5-3-2-4-6-19)23(15-30-26)28-34-29(17-38-28)9-11-37-12-10-29/h2-8,13-15,18,25,35H,9-12,16-17H2,1H3,(H,31,36)(H2,30,32,33)/t18?,25-/m1/s1. The van der Waals surface area contributed by atoms with Crippen LogP contribution in [-0.2, 0) is 9.47 Å². The highest BCUT2D eigenvalue weighted by Gasteiger charge is 2.39. The second-order valence-corrected chi connectivity index (χ2v) is 10.1. The van der Waals surface area contributed by atoms with Crippen LogP contribution >= 0.6 is 0 Å². The number of hydrogen-bond donors (Lipinski definition) is 4. The number of pyridine rings is 1. The van der Waals surface area contributed by atoms with Gasteiger partial charge in [-0.1, -0.05) is 30.3 Å². The summed E-state index contributed by atoms with van der Waals surface area (Å²) >= 11 is 0. The monoisotopic (exact) mass is 513 g/mol. The number of anilines is 3. The molecule has 3 aliphatic rings. The largest absolute Gasteiger partial charge is 0.475 e. The van der Waals surface area contributed by atoms with Gasteiger partial charge in [0, 0.05) is 36.7 Å². The van der Waals surface area contributed by atoms with Crippen LogP contribution < -0.4 is 16.0 Å². The molecule has 1 fully saturated rings. The maximum Gasteiger partial charge on any atom is 0.252 e. The number of ether oxygens (including phenoxy) is 2. The van der Waals surface area contributed by atoms with Crippen LogP contribution in [0.1, 0.15) is 58.9 Å². The molecule has 6 rings (SSSR count). The second-order valence-electron chi connectivity index (χ2n) is 10.1. The van der Waals surface area contributed by atoms with Gasteiger partial charge in [0.2, 0.25) is 5.90 Å². The van der Waals surface area contributed by atoms with Gasteiger partial charge < -0.3 is 30.5 Å². The normalized spacial score (nSPS) is 20.3. The van der Waals surface area contributed by atoms with Crippen LogP contribution in [0.4, 0.5) is 17.2 Å². The number of carbonyl (C=O) groups excluding carboxylic acids is 1. The number of benzene rings is 2. The van der Waals surface area contributed by atoms with Crippen LogP contribution in [0.5, 0.6) is 0 Å². The van der Waals surface area contributed by atoms with Crippen LogP contribution in [0.2, 0.25) is 0 Å². The number of nitrogens with zero attached hydrogens (tertiary/aromatic N) is 2. The summed E-state index contributed by atoms with van der Waals surface area (Å²) in [4.78, 5) is 21.8. The number of aliphatic hydroxyl groups is 1. The van der Waals surface area contributed by atoms with Crippen molar-refractivity contribution in [3.05, 3.63) is 83.0 Å². The molecule has 9 heteroatoms. The quantitative estimate of drug-likeness (QED) is 0.376. The van der Waals surface area contributed by atoms with E-state index in [0.717, 1.165) is 40.9 Å². The van der Waals surface area contributed by atoms with Crippen LogP contribution in [0.25, 0.3) is 0 Å². The predicted molar refractivity (Wildman–Crippen MR) is 145 cm³/mol. The number of rotatable bonds is 7. The van der Waals surface area contributed by atoms with Crippen molar-refractivity contribution in [2.45, 2.75) is 37.4 Å². The van der Waals surface area contributed by atoms with Crippen molar-refractivity contribution >= 4 is 29.0 Å². The fourth-order valence-electron chi connectivity index (χ4n) is 5.25. The minimum absolute atomic E-state index is 0.0435. The number of amides is 1. The molecule has 4 heterocycles. The van der Waals surface area contributed by atoms with E-state index in [-0.39, 0.29) is 30.1 Å². The summed E-state index contributed by atoms with van der Waals surface area (Å²) in [5.74, 6) is 1.11. The molecule has 9 nitrogen and oxygen atoms in total. The van der Waals surface area contributed by atoms with E-state index in [1.165, 1.54) is 0 Å². The van der Waals surface area contributed by atoms with Gasteiger partial charge in [-0.05, 0) is 49.1 Å². The number of aliphatic imine (C=N–C) groups is 1. The number of fused-ring (bicyclic) bond motifs is 1. The van der Waals surface area contributed by atoms with Crippen LogP contribution in [0.15, 0.2) is 65.8 Å². The third-order valence-electron chi connectivity index (χ3n) is 7.47. The first-order valence-corrected chi connectivity index (χ1v) is 13.0. The Kier molecular flexibility index (Phi) is 6.47. The summed E-state index contributed by atoms with van der Waals surface area (Å²) in [6.07, 6.45) is 3.40. The highest BCUT2D eigenvalue weighted by atomic mass is 16.5. The van der Waals surface area contributed by atoms with Crippen LogP contribution in [-0.4, -0.2) is 53.9 Å². The zero-order chi connectivity index (χ0) is 26.1. The molecule has 196 valence electrons. The van der Waals surface area contributed by atoms with Gasteiger partial charge in [0.25, 0.3) is 5.91 Å². The van der Waals surface area contributed by atoms with Crippen molar-refractivity contribution < 1.29 is 19.4 Å². The lowest BCUT2D eigenvalue weighted by atomic mass is 9.92. The fourth-order valence-corrected chi connectivity index (χ4v) is 5.25. The van der Waals surface area contributed by atoms with Gasteiger partial charge in [-0.25, -0.2) is 9.98 Å². The first-order chi connectivity index (χ1) is 18.5. The minimum atomic E-state index is -0.331. The van der Waals surface area contributed by atoms with Gasteiger partial charge in [-0.15, -0.1) is 0 Å². The Labute approximate surface area is 221 Å². The average Bonchev–Trinajstić information content (AvgIpc) is 3.47. The molecular weight excluding hydrogens is 482 g/mol. The van der Waals surface area contributed by atoms with Gasteiger partial charge >= 0.3 is 0 Å². The van der Waals surface area contributed by atoms with E-state index in [1.54, 1.807) is 6.20 Å². The molecule has 2 aromatic carbocycles. The van der Waals surface area contributed by atoms with E-state index in [9.17, 15) is 9.90 Å². The highest BCUT2D eigenvalue weighted by Crippen LogP contribution is 2.35. The molecule has 3 aromatic rings. The van der Waals surface area contributed by atoms with Gasteiger partial charge in [-0.2, -0.15) is 0 Å². The molecule has 2 atom stereocenters. The molecule has 38 heavy (non-hydrogen) atoms. The van der Waals surface area contributed by atoms with Gasteiger partial charge in [0.05, 0.1) is 29.9 Å². The van der Waals surface area contributed by atoms with Gasteiger partial charge in [0.1, 0.15) is 18.0 Å². The predicted octanol–water partition coefficient (Wildman–Crippen LogP) is 4.10. The smallest absolute Gasteiger partial charge is 0.252 e. The molecule has 1 amide bonds. The van der Waals surface area contributed by atoms with Crippen molar-refractivity contribution in [2.75, 3.05) is 37.1 Å². The van der Waals surface area contributed by atoms with E-state index in [4.69, 9.17) is 14.5 Å². The summed E-state index contributed by atoms with van der Waals surface area (Å²) in [7, 11) is 0. The Morgan fingerprint density at radius 3 is 2.74 bits per heavy atom. The molecule has 3 aliphatic heterocycles. The summed E-state index contributed by atoms with van der Waals surface area (Å²) in [6.45, 7) is 3.75. The molecular formula is C29H31N5O4. The molecule has 0 radical (unpaired) electrons. The summed E-state index contributed by atoms with van der Waals surface area (Å²) in [6, 6.07) is 17.0. The van der Waals surface area contributed by atoms with Gasteiger partial charge in [-0.3, -0.25) is 4.79 Å². The van der Waals surface area contributed by atoms with E-state index in [2.05, 4.69) is 20.9 Å². The zero-order valence-electron chi connectivity index (χ0n) is 21.2. The molecule has 1 saturated heterocycles. The van der Waals surface area contributed by atoms with E-state index in [1.807, 2.05) is 61.5 Å². The Hall–Kier alpha value is -3.95. The number of aromatic nitrogens is 1. The molecule has 4 N–H and O–H groups in total. The Bertz CT molecular complexity index is 1370. The number of carbonyl (C=O) groups is 1. The fraction of sp³-hybridized carbons (Fsp3) is 0.345. The Morgan fingerprint density at radius 1 is 1.13 bits per heavy atom. The summed E-state index contributed by atoms with van der Waals surface area (Å²) < 4.78 is 11.7. The van der Waals surface area contributed by atoms with Crippen molar-refractivity contribution in [1.82, 2.24) is 10.3 Å². The third kappa shape index (κ3) is 4.70. The average molecular weight is 514 g/mol. The third-order valence-corrected chi connectivity index (χ3v) is 7.47. The summed E-state index contributed by atoms with van der Waals surface area (Å²) in [5.41, 5.74) is 4.67. The molecule has 1 spiro atoms. The lowest BCUT2D eigenvalue weighted by molar-refractivity contribution is 0.0442. The van der Waals surface area contributed by atoms with Crippen molar-refractivity contribution in [3.8, 4) is 0 Å². The molecule has 0 saturated carbocycles. The van der Waals surface area contributed by atoms with Crippen molar-refractivity contribution in [2.24, 2.45) is 4.99 Å². The zero-order valence-corrected chi connectivity index (χ0v) is 21.2. The molecule has 0 aliphatic carbocycles. The van der Waals surface area contributed by atoms with E-state index >= 15 is 0 Å². The lowest BCUT2D eigenvalue weighted by Gasteiger charge is -2.28. The van der Waals surface area contributed by atoms with Crippen molar-refractivity contribution in [1.29, 1.82) is 0 Å². The highest BCUT2D eigenvalue weighted by molar-refractivity contribution is 6.01. The molecule has 1 unspecified atom stereocenters. The lowest BCUT2D eigenvalue weighted by Crippen LogP contribution is -2.35. The van der Waals surface area contributed by atoms with Crippen molar-refractivity contribution in [3.63, 3.8) is 0 Å². The summed E-state index contributed by atoms with van der Waals surface area (Å²) in [5, 5.41) is 20.0. The molecule has 0 bridgehead atoms. The maximum absolute atomic E-state index is 12.1. The van der Waals surface area contributed by atoms with Crippen LogP contribution in [0.3, 0.4) is 0 Å². The number of aliphatic hydroxyl groups excluding tert-OH is 1. The topological polar surface area (TPSA) is 117 Å². The van der Waals surface area contributed by atoms with E-state index in [0.29, 0.717) is 37.1 Å². The minimum Gasteiger partial charge on any atom is -0.475 e. The first-order valence-electron chi connectivity index (χ1n) is 13.0. The Morgan fingerprint density at radius 2 is 1.95 bits per heavy atom. The first kappa shape index (κ1) is 24.4. The molecule has 1 aromatic heterocycles. The van der Waals surface area contributed by atoms with Crippen LogP contribution in [0, 0.1) is 0 Å². The number of nitrogens with one attached hydrogen (secondary N) is 3. The maximum atomic E-state index is 12.1. The van der Waals surface area contributed by atoms with E-state index < -0.39 is 0 Å². The SMILES string of the molecule is CC1NC(=O)c2ccc(Nc3cc(N[C@H](CO)c4ccccc4)c(C4=NC5(CCOCC5)CO4)cn3)cc21.